The third-order valence-corrected chi connectivity index (χ3v) is 3.22. The van der Waals surface area contributed by atoms with Gasteiger partial charge in [-0.15, -0.1) is 0 Å². The van der Waals surface area contributed by atoms with E-state index in [0.717, 1.165) is 5.56 Å². The number of para-hydroxylation sites is 1. The maximum atomic E-state index is 12.1. The first-order chi connectivity index (χ1) is 12.2. The molecule has 0 spiro atoms. The molecule has 0 aliphatic carbocycles. The van der Waals surface area contributed by atoms with Crippen molar-refractivity contribution < 1.29 is 86.9 Å². The first-order valence-electron chi connectivity index (χ1n) is 6.85. The van der Waals surface area contributed by atoms with E-state index in [0.29, 0.717) is 11.7 Å². The van der Waals surface area contributed by atoms with E-state index in [-0.39, 0.29) is 13.4 Å². The fourth-order valence-electron chi connectivity index (χ4n) is 1.50. The van der Waals surface area contributed by atoms with Gasteiger partial charge >= 0.3 is 196 Å². The van der Waals surface area contributed by atoms with Crippen LogP contribution in [0.15, 0.2) is 60.7 Å². The Morgan fingerprint density at radius 2 is 1.35 bits per heavy atom. The van der Waals surface area contributed by atoms with Crippen LogP contribution in [0, 0.1) is 13.3 Å². The van der Waals surface area contributed by atoms with Crippen LogP contribution in [0.3, 0.4) is 0 Å². The van der Waals surface area contributed by atoms with Gasteiger partial charge in [0.2, 0.25) is 0 Å². The maximum Gasteiger partial charge on any atom is -0.358 e. The summed E-state index contributed by atoms with van der Waals surface area (Å²) in [7, 11) is 0. The van der Waals surface area contributed by atoms with Gasteiger partial charge in [0.1, 0.15) is 0 Å². The molecule has 2 aromatic rings. The van der Waals surface area contributed by atoms with E-state index in [9.17, 15) is 4.79 Å². The molecule has 0 aliphatic heterocycles. The second-order valence-electron chi connectivity index (χ2n) is 3.84. The molecule has 0 saturated carbocycles. The molecule has 2 rings (SSSR count). The molecule has 0 N–H and O–H groups in total. The summed E-state index contributed by atoms with van der Waals surface area (Å²) in [6, 6.07) is 18.6. The molecule has 2 nitrogen and oxygen atoms in total. The molecule has 0 aromatic heterocycles. The van der Waals surface area contributed by atoms with Gasteiger partial charge in [0.25, 0.3) is 0 Å². The van der Waals surface area contributed by atoms with Crippen LogP contribution in [0.5, 0.6) is 5.75 Å². The summed E-state index contributed by atoms with van der Waals surface area (Å²) in [5.41, 5.74) is 0.883. The van der Waals surface area contributed by atoms with Crippen LogP contribution in [0.2, 0.25) is 0 Å². The molecule has 2 aromatic carbocycles. The van der Waals surface area contributed by atoms with Gasteiger partial charge in [0, 0.05) is 0 Å². The fourth-order valence-corrected chi connectivity index (χ4v) is 2.34. The average Bonchev–Trinajstić information content (AvgIpc) is 2.68. The summed E-state index contributed by atoms with van der Waals surface area (Å²) in [5.74, 6) is 0.852. The molecule has 0 heterocycles. The predicted octanol–water partition coefficient (Wildman–Crippen LogP) is 3.30. The number of ether oxygens (including phenoxy) is 1. The summed E-state index contributed by atoms with van der Waals surface area (Å²) in [6.45, 7) is 2.04. The number of carbonyl (C=O) groups is 1. The molecule has 0 radical (unpaired) electrons. The summed E-state index contributed by atoms with van der Waals surface area (Å²) in [4.78, 5) is 18.7. The minimum Gasteiger partial charge on any atom is -0.358 e. The Labute approximate surface area is 201 Å². The Balaban J connectivity index is -0.000000585. The maximum absolute atomic E-state index is 12.1. The van der Waals surface area contributed by atoms with E-state index in [1.165, 1.54) is 58.1 Å². The first-order valence-corrected chi connectivity index (χ1v) is 14.4. The van der Waals surface area contributed by atoms with Gasteiger partial charge in [-0.25, -0.2) is 0 Å². The van der Waals surface area contributed by atoms with Crippen LogP contribution >= 0.6 is 0 Å². The quantitative estimate of drug-likeness (QED) is 0.268. The van der Waals surface area contributed by atoms with Gasteiger partial charge in [-0.1, -0.05) is 0 Å². The van der Waals surface area contributed by atoms with Crippen molar-refractivity contribution in [3.63, 3.8) is 0 Å². The van der Waals surface area contributed by atoms with Crippen molar-refractivity contribution in [2.75, 3.05) is 0 Å². The first kappa shape index (κ1) is 30.7. The van der Waals surface area contributed by atoms with Crippen LogP contribution in [0.25, 0.3) is 0 Å². The van der Waals surface area contributed by atoms with E-state index in [2.05, 4.69) is 14.2 Å². The van der Waals surface area contributed by atoms with Crippen LogP contribution in [-0.4, -0.2) is 24.6 Å². The number of benzene rings is 2. The van der Waals surface area contributed by atoms with Crippen molar-refractivity contribution >= 4 is 24.6 Å². The molecule has 6 heteroatoms. The van der Waals surface area contributed by atoms with Gasteiger partial charge < -0.3 is 7.43 Å². The predicted molar refractivity (Wildman–Crippen MR) is 99.3 cm³/mol. The number of esters is 1. The van der Waals surface area contributed by atoms with Gasteiger partial charge in [-0.3, -0.25) is 0 Å². The molecule has 0 fully saturated rings. The molecule has 0 aliphatic rings. The summed E-state index contributed by atoms with van der Waals surface area (Å²) in [5, 5.41) is 0. The van der Waals surface area contributed by atoms with Crippen molar-refractivity contribution in [3.05, 3.63) is 79.6 Å². The monoisotopic (exact) mass is 1030 g/mol. The Kier molecular flexibility index (Phi) is 27.2. The van der Waals surface area contributed by atoms with Crippen molar-refractivity contribution in [2.45, 2.75) is 6.92 Å². The average molecular weight is 1030 g/mol. The largest absolute Gasteiger partial charge is 0.358 e. The van der Waals surface area contributed by atoms with Crippen molar-refractivity contribution in [1.29, 1.82) is 0 Å². The molecule has 0 bridgehead atoms. The second kappa shape index (κ2) is 23.1. The summed E-state index contributed by atoms with van der Waals surface area (Å²) >= 11 is 5.43. The molecule has 0 atom stereocenters. The minimum atomic E-state index is -0.317. The fraction of sp³-hybridized carbons (Fsp3) is 0.0500. The Bertz CT molecular complexity index is 602. The number of hydrogen-bond acceptors (Lipinski definition) is 2. The van der Waals surface area contributed by atoms with Crippen LogP contribution < -0.4 is 4.74 Å². The van der Waals surface area contributed by atoms with Gasteiger partial charge in [-0.05, 0) is 0 Å². The van der Waals surface area contributed by atoms with E-state index in [1.54, 1.807) is 31.5 Å². The van der Waals surface area contributed by atoms with Crippen LogP contribution in [0.4, 0.5) is 0 Å². The number of rotatable bonds is 4. The van der Waals surface area contributed by atoms with Crippen LogP contribution in [-0.2, 0) is 82.2 Å². The van der Waals surface area contributed by atoms with Crippen LogP contribution in [0.1, 0.15) is 12.5 Å². The SMILES string of the molecule is C[CH]=[W-].O=C(Oc1ccccc1)[C-]([CH]=[W-])c1ccccc1.[CH2]=[W].[CH2]=[W].[CH3-]. The van der Waals surface area contributed by atoms with Gasteiger partial charge in [0.05, 0.1) is 0 Å². The summed E-state index contributed by atoms with van der Waals surface area (Å²) < 4.78 is 9.26. The van der Waals surface area contributed by atoms with E-state index in [1.807, 2.05) is 59.9 Å². The zero-order valence-corrected chi connectivity index (χ0v) is 26.5. The topological polar surface area (TPSA) is 26.3 Å². The minimum absolute atomic E-state index is 0. The van der Waals surface area contributed by atoms with E-state index < -0.39 is 0 Å². The number of carbonyl (C=O) groups excluding carboxylic acids is 1. The molecule has 0 amide bonds. The zero-order chi connectivity index (χ0) is 19.5. The van der Waals surface area contributed by atoms with E-state index >= 15 is 0 Å². The molecule has 0 saturated heterocycles. The molecular weight excluding hydrogens is 1010 g/mol. The zero-order valence-electron chi connectivity index (χ0n) is 14.8. The second-order valence-corrected chi connectivity index (χ2v) is 6.38. The Morgan fingerprint density at radius 3 is 1.73 bits per heavy atom. The standard InChI is InChI=1S/C15H11O2.C2H4.CH3.2CH2.4W/c1-12(13-8-4-2-5-9-13)15(16)17-14-10-6-3-7-11-14;1-2;;;;;;;/h1-11H;1H,2H3;1H3;2*1H2;;;;/q-1;;-1;;;;;2*-1. The molecule has 142 valence electrons. The van der Waals surface area contributed by atoms with Crippen molar-refractivity contribution in [1.82, 2.24) is 0 Å². The van der Waals surface area contributed by atoms with Gasteiger partial charge in [0.15, 0.2) is 0 Å². The third-order valence-electron chi connectivity index (χ3n) is 2.38. The molecule has 0 unspecified atom stereocenters. The normalized spacial score (nSPS) is 7.42. The molecule has 26 heavy (non-hydrogen) atoms. The van der Waals surface area contributed by atoms with Crippen molar-refractivity contribution in [2.24, 2.45) is 0 Å². The van der Waals surface area contributed by atoms with Gasteiger partial charge in [-0.2, -0.15) is 0 Å². The summed E-state index contributed by atoms with van der Waals surface area (Å²) in [6.07, 6.45) is 0. The Hall–Kier alpha value is 0.0132. The smallest absolute Gasteiger partial charge is 0.358 e. The van der Waals surface area contributed by atoms with E-state index in [4.69, 9.17) is 4.74 Å². The number of hydrogen-bond donors (Lipinski definition) is 0. The Morgan fingerprint density at radius 1 is 0.962 bits per heavy atom. The molecular formula is C20H22O2W4-4. The van der Waals surface area contributed by atoms with Crippen molar-refractivity contribution in [3.8, 4) is 5.75 Å². The third kappa shape index (κ3) is 14.1.